The molecule has 89 heavy (non-hydrogen) atoms. The van der Waals surface area contributed by atoms with E-state index in [0.717, 1.165) is 64.0 Å². The van der Waals surface area contributed by atoms with Crippen LogP contribution in [-0.4, -0.2) is 27.3 Å². The van der Waals surface area contributed by atoms with Crippen molar-refractivity contribution >= 4 is 49.8 Å². The predicted octanol–water partition coefficient (Wildman–Crippen LogP) is 23.3. The highest BCUT2D eigenvalue weighted by Crippen LogP contribution is 2.58. The van der Waals surface area contributed by atoms with Crippen LogP contribution in [0.3, 0.4) is 0 Å². The number of fused-ring (bicyclic) bond motifs is 8. The van der Waals surface area contributed by atoms with Gasteiger partial charge < -0.3 is 0 Å². The maximum Gasteiger partial charge on any atom is 0.146 e. The molecule has 0 N–H and O–H groups in total. The first kappa shape index (κ1) is 72.0. The van der Waals surface area contributed by atoms with Crippen molar-refractivity contribution in [2.45, 2.75) is 225 Å². The number of hydrogen-bond donors (Lipinski definition) is 0. The number of nitrogens with zero attached hydrogens (tertiary/aromatic N) is 2. The Balaban J connectivity index is 0.000000165. The number of carbonyl (C=O) groups excluding carboxylic acids is 3. The monoisotopic (exact) mass is 1220 g/mol. The van der Waals surface area contributed by atoms with Crippen molar-refractivity contribution in [3.63, 3.8) is 0 Å². The van der Waals surface area contributed by atoms with Crippen LogP contribution in [0.15, 0.2) is 140 Å². The fourth-order valence-electron chi connectivity index (χ4n) is 14.3. The normalized spacial score (nSPS) is 22.2. The van der Waals surface area contributed by atoms with Crippen LogP contribution in [0.2, 0.25) is 0 Å². The van der Waals surface area contributed by atoms with Crippen LogP contribution in [0.5, 0.6) is 0 Å². The summed E-state index contributed by atoms with van der Waals surface area (Å²) in [7, 11) is 0. The van der Waals surface area contributed by atoms with Gasteiger partial charge in [-0.15, -0.1) is 11.3 Å². The number of pyridine rings is 1. The first-order chi connectivity index (χ1) is 42.3. The molecule has 0 radical (unpaired) electrons. The lowest BCUT2D eigenvalue weighted by Crippen LogP contribution is -2.35. The van der Waals surface area contributed by atoms with Crippen LogP contribution in [0.4, 0.5) is 0 Å². The predicted molar refractivity (Wildman–Crippen MR) is 382 cm³/mol. The molecular weight excluding hydrogens is 1100 g/mol. The summed E-state index contributed by atoms with van der Waals surface area (Å²) in [6.07, 6.45) is 18.3. The number of Topliss-reactive ketones (excluding diaryl/α,β-unsaturated/α-hetero) is 3. The van der Waals surface area contributed by atoms with E-state index in [2.05, 4.69) is 231 Å². The molecule has 6 fully saturated rings. The molecule has 6 heteroatoms. The summed E-state index contributed by atoms with van der Waals surface area (Å²) in [4.78, 5) is 43.7. The number of ketones is 3. The minimum Gasteiger partial charge on any atom is -0.299 e. The number of aryl methyl sites for hydroxylation is 1. The Labute approximate surface area is 543 Å². The maximum absolute atomic E-state index is 11.7. The Morgan fingerprint density at radius 1 is 0.528 bits per heavy atom. The Bertz CT molecular complexity index is 3350. The van der Waals surface area contributed by atoms with Crippen LogP contribution < -0.4 is 0 Å². The van der Waals surface area contributed by atoms with E-state index in [4.69, 9.17) is 0 Å². The molecule has 6 saturated carbocycles. The minimum atomic E-state index is -0.529. The summed E-state index contributed by atoms with van der Waals surface area (Å²) in [6.45, 7) is 37.2. The van der Waals surface area contributed by atoms with Crippen LogP contribution in [0.1, 0.15) is 246 Å². The van der Waals surface area contributed by atoms with E-state index >= 15 is 0 Å². The zero-order chi connectivity index (χ0) is 65.1. The highest BCUT2D eigenvalue weighted by molar-refractivity contribution is 7.18. The van der Waals surface area contributed by atoms with Crippen LogP contribution >= 0.6 is 11.3 Å². The van der Waals surface area contributed by atoms with E-state index in [1.807, 2.05) is 48.7 Å². The van der Waals surface area contributed by atoms with Gasteiger partial charge in [0.15, 0.2) is 0 Å². The maximum atomic E-state index is 11.7. The smallest absolute Gasteiger partial charge is 0.146 e. The van der Waals surface area contributed by atoms with Crippen molar-refractivity contribution in [1.82, 2.24) is 9.97 Å². The number of hydrogen-bond acceptors (Lipinski definition) is 6. The number of carbonyl (C=O) groups is 3. The third kappa shape index (κ3) is 20.0. The van der Waals surface area contributed by atoms with Crippen molar-refractivity contribution in [3.8, 4) is 23.0 Å². The number of benzene rings is 5. The Hall–Kier alpha value is -6.03. The van der Waals surface area contributed by atoms with Gasteiger partial charge in [-0.1, -0.05) is 226 Å². The highest BCUT2D eigenvalue weighted by atomic mass is 32.1. The lowest BCUT2D eigenvalue weighted by molar-refractivity contribution is -0.139. The van der Waals surface area contributed by atoms with Gasteiger partial charge in [-0.25, -0.2) is 4.98 Å². The van der Waals surface area contributed by atoms with Gasteiger partial charge in [0.05, 0.1) is 26.2 Å². The molecule has 478 valence electrons. The summed E-state index contributed by atoms with van der Waals surface area (Å²) in [6, 6.07) is 46.5. The molecule has 6 aliphatic carbocycles. The van der Waals surface area contributed by atoms with Gasteiger partial charge in [0.1, 0.15) is 17.3 Å². The fraction of sp³-hybridized carbons (Fsp3) is 0.530. The summed E-state index contributed by atoms with van der Waals surface area (Å²) in [5.41, 5.74) is 10.5. The summed E-state index contributed by atoms with van der Waals surface area (Å²) in [5, 5.41) is 2.36. The Morgan fingerprint density at radius 3 is 1.54 bits per heavy atom. The number of aromatic nitrogens is 2. The third-order valence-corrected chi connectivity index (χ3v) is 20.6. The minimum absolute atomic E-state index is 0.130. The molecule has 6 aliphatic rings. The molecule has 6 bridgehead atoms. The summed E-state index contributed by atoms with van der Waals surface area (Å²) in [5.74, 6) is 13.7. The van der Waals surface area contributed by atoms with E-state index < -0.39 is 5.41 Å². The molecule has 2 aromatic heterocycles. The number of rotatable bonds is 8. The summed E-state index contributed by atoms with van der Waals surface area (Å²) < 4.78 is 1.31. The highest BCUT2D eigenvalue weighted by Gasteiger charge is 2.57. The molecule has 0 aliphatic heterocycles. The Morgan fingerprint density at radius 2 is 1.07 bits per heavy atom. The van der Waals surface area contributed by atoms with Gasteiger partial charge in [0, 0.05) is 47.7 Å². The zero-order valence-corrected chi connectivity index (χ0v) is 58.8. The van der Waals surface area contributed by atoms with Crippen molar-refractivity contribution in [3.05, 3.63) is 167 Å². The molecule has 2 heterocycles. The van der Waals surface area contributed by atoms with E-state index in [-0.39, 0.29) is 17.0 Å². The third-order valence-electron chi connectivity index (χ3n) is 19.7. The van der Waals surface area contributed by atoms with E-state index in [1.165, 1.54) is 89.3 Å². The van der Waals surface area contributed by atoms with Gasteiger partial charge >= 0.3 is 0 Å². The van der Waals surface area contributed by atoms with E-state index in [0.29, 0.717) is 60.1 Å². The van der Waals surface area contributed by atoms with Crippen molar-refractivity contribution in [2.24, 2.45) is 57.7 Å². The zero-order valence-electron chi connectivity index (χ0n) is 58.0. The SMILES string of the molecule is CC(C)C#Cc1ccccc1.CC(C)C12CCC(CC1)C2.CC(C)C12CCC(CC1=O)C2.CC(C)CC12CC(CC1=O)CC2=O.CC(C)c1ccc(-c2ccccc2)cc1.CC(C)c1ccc2cccnc2c1.CCC.Cc1nc2ccc(C(C)C)cc2s1. The lowest BCUT2D eigenvalue weighted by Gasteiger charge is -2.30. The molecule has 5 nitrogen and oxygen atoms in total. The molecule has 0 spiro atoms. The molecular formula is C83H112N2O3S. The van der Waals surface area contributed by atoms with E-state index in [9.17, 15) is 14.4 Å². The molecule has 2 unspecified atom stereocenters. The molecule has 5 aromatic carbocycles. The van der Waals surface area contributed by atoms with Crippen molar-refractivity contribution in [1.29, 1.82) is 0 Å². The molecule has 0 saturated heterocycles. The van der Waals surface area contributed by atoms with Crippen LogP contribution in [0, 0.1) is 76.4 Å². The number of thiazole rings is 1. The Kier molecular flexibility index (Phi) is 27.4. The molecule has 7 aromatic rings. The second kappa shape index (κ2) is 33.9. The summed E-state index contributed by atoms with van der Waals surface area (Å²) >= 11 is 1.77. The average Bonchev–Trinajstić information content (AvgIpc) is 1.72. The van der Waals surface area contributed by atoms with Gasteiger partial charge in [-0.05, 0) is 194 Å². The topological polar surface area (TPSA) is 77.0 Å². The van der Waals surface area contributed by atoms with Crippen molar-refractivity contribution in [2.75, 3.05) is 0 Å². The van der Waals surface area contributed by atoms with Gasteiger partial charge in [-0.2, -0.15) is 0 Å². The molecule has 2 atom stereocenters. The van der Waals surface area contributed by atoms with Gasteiger partial charge in [-0.3, -0.25) is 19.4 Å². The molecule has 13 rings (SSSR count). The van der Waals surface area contributed by atoms with Crippen LogP contribution in [-0.2, 0) is 14.4 Å². The van der Waals surface area contributed by atoms with Crippen molar-refractivity contribution < 1.29 is 14.4 Å². The van der Waals surface area contributed by atoms with Gasteiger partial charge in [0.25, 0.3) is 0 Å². The second-order valence-corrected chi connectivity index (χ2v) is 30.3. The molecule has 0 amide bonds. The fourth-order valence-corrected chi connectivity index (χ4v) is 15.2. The quantitative estimate of drug-likeness (QED) is 0.112. The van der Waals surface area contributed by atoms with Crippen LogP contribution in [0.25, 0.3) is 32.2 Å². The van der Waals surface area contributed by atoms with E-state index in [1.54, 1.807) is 17.8 Å². The lowest BCUT2D eigenvalue weighted by atomic mass is 9.74. The first-order valence-corrected chi connectivity index (χ1v) is 35.2. The first-order valence-electron chi connectivity index (χ1n) is 34.4. The van der Waals surface area contributed by atoms with Gasteiger partial charge in [0.2, 0.25) is 0 Å². The second-order valence-electron chi connectivity index (χ2n) is 29.1. The largest absolute Gasteiger partial charge is 0.299 e. The average molecular weight is 1220 g/mol. The standard InChI is InChI=1S/C15H16.C12H13N.C11H13NS.C11H16O2.C11H12.C10H16O.C10H18.C3H8/c1-12(2)13-8-10-15(11-9-13)14-6-4-3-5-7-14;1-9(2)11-6-5-10-4-3-7-13-12(10)8-11;1-7(2)9-4-5-10-11(6-9)13-8(3)12-10;1-7(2)5-11-6-8(3-9(11)12)4-10(11)13;1-10(2)8-9-11-6-4-3-5-7-11;1-7(2)10-4-3-8(6-10)5-9(10)11;1-8(2)10-5-3-9(7-10)4-6-10;1-3-2/h3-12H,1-2H3;3-9H,1-2H3;4-7H,1-3H3;7-8H,3-6H2,1-2H3;3-7,10H,1-2H3;7-8H,3-6H2,1-2H3;8-9H,3-7H2,1-2H3;3H2,1-2H3.